The normalized spacial score (nSPS) is 12.5. The third-order valence-electron chi connectivity index (χ3n) is 2.39. The molecule has 0 heterocycles. The lowest BCUT2D eigenvalue weighted by Crippen LogP contribution is -2.32. The summed E-state index contributed by atoms with van der Waals surface area (Å²) >= 11 is 0. The zero-order valence-electron chi connectivity index (χ0n) is 9.60. The van der Waals surface area contributed by atoms with Crippen LogP contribution in [0.25, 0.3) is 0 Å². The largest absolute Gasteiger partial charge is 0.393 e. The Hall–Kier alpha value is -1.82. The van der Waals surface area contributed by atoms with Gasteiger partial charge in [0.2, 0.25) is 0 Å². The number of nitrogen functional groups attached to an aromatic ring is 1. The Labute approximate surface area is 94.2 Å². The molecule has 3 N–H and O–H groups in total. The van der Waals surface area contributed by atoms with E-state index in [-0.39, 0.29) is 17.5 Å². The van der Waals surface area contributed by atoms with Crippen LogP contribution in [-0.4, -0.2) is 30.1 Å². The molecule has 1 rings (SSSR count). The number of nitrogens with zero attached hydrogens (tertiary/aromatic N) is 2. The average Bonchev–Trinajstić information content (AvgIpc) is 2.16. The quantitative estimate of drug-likeness (QED) is 0.350. The smallest absolute Gasteiger partial charge is 0.315 e. The van der Waals surface area contributed by atoms with Crippen molar-refractivity contribution in [2.75, 3.05) is 25.1 Å². The number of rotatable bonds is 4. The van der Waals surface area contributed by atoms with E-state index in [0.717, 1.165) is 0 Å². The molecule has 0 spiro atoms. The first kappa shape index (κ1) is 12.3. The minimum atomic E-state index is -0.472. The van der Waals surface area contributed by atoms with Gasteiger partial charge in [0.1, 0.15) is 11.4 Å². The summed E-state index contributed by atoms with van der Waals surface area (Å²) in [6, 6.07) is 4.85. The van der Waals surface area contributed by atoms with Gasteiger partial charge in [0.25, 0.3) is 0 Å². The standard InChI is InChI=1S/C10H16N4O2/c1-7(13(2)3)12-9-6-4-5-8(11)10(9)14(15)16/h4-7,12H,11H2,1-3H3. The van der Waals surface area contributed by atoms with Crippen molar-refractivity contribution in [2.24, 2.45) is 0 Å². The summed E-state index contributed by atoms with van der Waals surface area (Å²) in [6.07, 6.45) is -0.0134. The Morgan fingerprint density at radius 2 is 2.12 bits per heavy atom. The van der Waals surface area contributed by atoms with E-state index in [1.54, 1.807) is 12.1 Å². The molecule has 1 aromatic rings. The second-order valence-corrected chi connectivity index (χ2v) is 3.78. The van der Waals surface area contributed by atoms with E-state index in [2.05, 4.69) is 5.32 Å². The summed E-state index contributed by atoms with van der Waals surface area (Å²) in [5.74, 6) is 0. The maximum Gasteiger partial charge on any atom is 0.315 e. The highest BCUT2D eigenvalue weighted by molar-refractivity contribution is 5.74. The third kappa shape index (κ3) is 2.60. The first-order valence-corrected chi connectivity index (χ1v) is 4.89. The number of hydrogen-bond acceptors (Lipinski definition) is 5. The van der Waals surface area contributed by atoms with Crippen molar-refractivity contribution in [3.05, 3.63) is 28.3 Å². The summed E-state index contributed by atoms with van der Waals surface area (Å²) in [4.78, 5) is 12.3. The number of nitro groups is 1. The lowest BCUT2D eigenvalue weighted by atomic mass is 10.2. The minimum Gasteiger partial charge on any atom is -0.393 e. The van der Waals surface area contributed by atoms with Crippen LogP contribution < -0.4 is 11.1 Å². The highest BCUT2D eigenvalue weighted by Gasteiger charge is 2.19. The Morgan fingerprint density at radius 3 is 2.62 bits per heavy atom. The Bertz CT molecular complexity index is 392. The number of hydrogen-bond donors (Lipinski definition) is 2. The van der Waals surface area contributed by atoms with Crippen molar-refractivity contribution in [2.45, 2.75) is 13.1 Å². The summed E-state index contributed by atoms with van der Waals surface area (Å²) < 4.78 is 0. The van der Waals surface area contributed by atoms with Crippen molar-refractivity contribution in [1.82, 2.24) is 4.90 Å². The molecule has 0 aliphatic carbocycles. The molecule has 0 bridgehead atoms. The molecular weight excluding hydrogens is 208 g/mol. The van der Waals surface area contributed by atoms with Gasteiger partial charge in [-0.15, -0.1) is 0 Å². The number of anilines is 2. The fourth-order valence-electron chi connectivity index (χ4n) is 1.24. The number of benzene rings is 1. The predicted molar refractivity (Wildman–Crippen MR) is 64.3 cm³/mol. The highest BCUT2D eigenvalue weighted by atomic mass is 16.6. The van der Waals surface area contributed by atoms with E-state index in [1.165, 1.54) is 6.07 Å². The van der Waals surface area contributed by atoms with Gasteiger partial charge in [-0.1, -0.05) is 6.07 Å². The van der Waals surface area contributed by atoms with Crippen LogP contribution in [0.2, 0.25) is 0 Å². The van der Waals surface area contributed by atoms with Gasteiger partial charge in [-0.05, 0) is 33.2 Å². The maximum absolute atomic E-state index is 10.9. The second-order valence-electron chi connectivity index (χ2n) is 3.78. The summed E-state index contributed by atoms with van der Waals surface area (Å²) in [5.41, 5.74) is 6.11. The van der Waals surface area contributed by atoms with E-state index in [1.807, 2.05) is 25.9 Å². The molecule has 1 unspecified atom stereocenters. The van der Waals surface area contributed by atoms with Crippen LogP contribution in [0.15, 0.2) is 18.2 Å². The van der Waals surface area contributed by atoms with E-state index in [0.29, 0.717) is 5.69 Å². The Kier molecular flexibility index (Phi) is 3.68. The Morgan fingerprint density at radius 1 is 1.50 bits per heavy atom. The van der Waals surface area contributed by atoms with Crippen LogP contribution in [0.4, 0.5) is 17.1 Å². The molecule has 0 aliphatic heterocycles. The Balaban J connectivity index is 3.04. The third-order valence-corrected chi connectivity index (χ3v) is 2.39. The first-order chi connectivity index (χ1) is 7.43. The van der Waals surface area contributed by atoms with Crippen LogP contribution in [-0.2, 0) is 0 Å². The summed E-state index contributed by atoms with van der Waals surface area (Å²) in [5, 5.41) is 13.9. The molecule has 0 saturated heterocycles. The molecule has 6 heteroatoms. The van der Waals surface area contributed by atoms with E-state index < -0.39 is 4.92 Å². The second kappa shape index (κ2) is 4.80. The molecule has 1 atom stereocenters. The average molecular weight is 224 g/mol. The molecule has 0 saturated carbocycles. The molecule has 0 amide bonds. The van der Waals surface area contributed by atoms with Crippen LogP contribution in [0.3, 0.4) is 0 Å². The number of nitro benzene ring substituents is 1. The van der Waals surface area contributed by atoms with E-state index in [4.69, 9.17) is 5.73 Å². The maximum atomic E-state index is 10.9. The molecule has 0 aliphatic rings. The van der Waals surface area contributed by atoms with Gasteiger partial charge in [-0.3, -0.25) is 15.0 Å². The molecule has 16 heavy (non-hydrogen) atoms. The molecular formula is C10H16N4O2. The first-order valence-electron chi connectivity index (χ1n) is 4.89. The van der Waals surface area contributed by atoms with Crippen LogP contribution in [0.5, 0.6) is 0 Å². The minimum absolute atomic E-state index is 0.0134. The molecule has 0 aromatic heterocycles. The lowest BCUT2D eigenvalue weighted by molar-refractivity contribution is -0.383. The zero-order chi connectivity index (χ0) is 12.3. The molecule has 88 valence electrons. The van der Waals surface area contributed by atoms with Gasteiger partial charge in [0.05, 0.1) is 11.1 Å². The van der Waals surface area contributed by atoms with E-state index in [9.17, 15) is 10.1 Å². The molecule has 6 nitrogen and oxygen atoms in total. The van der Waals surface area contributed by atoms with Gasteiger partial charge < -0.3 is 11.1 Å². The molecule has 0 fully saturated rings. The fourth-order valence-corrected chi connectivity index (χ4v) is 1.24. The van der Waals surface area contributed by atoms with Gasteiger partial charge in [-0.2, -0.15) is 0 Å². The zero-order valence-corrected chi connectivity index (χ0v) is 9.60. The fraction of sp³-hybridized carbons (Fsp3) is 0.400. The SMILES string of the molecule is CC(Nc1cccc(N)c1[N+](=O)[O-])N(C)C. The van der Waals surface area contributed by atoms with Crippen molar-refractivity contribution in [1.29, 1.82) is 0 Å². The van der Waals surface area contributed by atoms with Gasteiger partial charge in [0.15, 0.2) is 0 Å². The predicted octanol–water partition coefficient (Wildman–Crippen LogP) is 1.50. The van der Waals surface area contributed by atoms with Crippen molar-refractivity contribution < 1.29 is 4.92 Å². The van der Waals surface area contributed by atoms with Gasteiger partial charge >= 0.3 is 5.69 Å². The number of nitrogens with one attached hydrogen (secondary N) is 1. The van der Waals surface area contributed by atoms with Gasteiger partial charge in [0, 0.05) is 0 Å². The van der Waals surface area contributed by atoms with Crippen LogP contribution in [0, 0.1) is 10.1 Å². The van der Waals surface area contributed by atoms with Crippen molar-refractivity contribution in [3.63, 3.8) is 0 Å². The van der Waals surface area contributed by atoms with Crippen molar-refractivity contribution in [3.8, 4) is 0 Å². The molecule has 0 radical (unpaired) electrons. The molecule has 1 aromatic carbocycles. The number of para-hydroxylation sites is 1. The van der Waals surface area contributed by atoms with Gasteiger partial charge in [-0.25, -0.2) is 0 Å². The van der Waals surface area contributed by atoms with E-state index >= 15 is 0 Å². The number of nitrogens with two attached hydrogens (primary N) is 1. The van der Waals surface area contributed by atoms with Crippen LogP contribution in [0.1, 0.15) is 6.92 Å². The summed E-state index contributed by atoms with van der Waals surface area (Å²) in [6.45, 7) is 1.91. The van der Waals surface area contributed by atoms with Crippen molar-refractivity contribution >= 4 is 17.1 Å². The van der Waals surface area contributed by atoms with Crippen LogP contribution >= 0.6 is 0 Å². The summed E-state index contributed by atoms with van der Waals surface area (Å²) in [7, 11) is 3.77. The monoisotopic (exact) mass is 224 g/mol. The lowest BCUT2D eigenvalue weighted by Gasteiger charge is -2.22. The highest BCUT2D eigenvalue weighted by Crippen LogP contribution is 2.30. The topological polar surface area (TPSA) is 84.4 Å².